The SMILES string of the molecule is CC/C=C\C/C=C\C/C=C\C/C=C\C/C=C\C/C=C\CCCCC(=O)OC(COC(=O)CCCCCCCCCCCCCC/C=C\C/C=C\C/C=C\C/C=C\CC)COP(=O)(O)OCC[N+](C)(C)C. The fourth-order valence-electron chi connectivity index (χ4n) is 6.83. The molecule has 398 valence electrons. The van der Waals surface area contributed by atoms with Gasteiger partial charge in [0.2, 0.25) is 0 Å². The molecule has 0 aliphatic heterocycles. The van der Waals surface area contributed by atoms with Crippen LogP contribution in [0.3, 0.4) is 0 Å². The first-order valence-electron chi connectivity index (χ1n) is 27.3. The van der Waals surface area contributed by atoms with Gasteiger partial charge < -0.3 is 18.9 Å². The molecule has 0 rings (SSSR count). The summed E-state index contributed by atoms with van der Waals surface area (Å²) in [6, 6.07) is 0. The molecule has 0 amide bonds. The summed E-state index contributed by atoms with van der Waals surface area (Å²) in [5.74, 6) is -0.859. The molecule has 70 heavy (non-hydrogen) atoms. The highest BCUT2D eigenvalue weighted by Crippen LogP contribution is 2.43. The van der Waals surface area contributed by atoms with Crippen LogP contribution < -0.4 is 0 Å². The molecule has 0 radical (unpaired) electrons. The van der Waals surface area contributed by atoms with Crippen LogP contribution in [0.25, 0.3) is 0 Å². The van der Waals surface area contributed by atoms with Gasteiger partial charge in [0.15, 0.2) is 6.10 Å². The van der Waals surface area contributed by atoms with Crippen LogP contribution in [0.15, 0.2) is 122 Å². The molecule has 2 unspecified atom stereocenters. The minimum atomic E-state index is -4.41. The normalized spacial score (nSPS) is 14.3. The minimum absolute atomic E-state index is 0.0160. The summed E-state index contributed by atoms with van der Waals surface area (Å²) in [4.78, 5) is 35.6. The Morgan fingerprint density at radius 1 is 0.443 bits per heavy atom. The van der Waals surface area contributed by atoms with E-state index < -0.39 is 26.5 Å². The van der Waals surface area contributed by atoms with Gasteiger partial charge in [-0.1, -0.05) is 200 Å². The molecular weight excluding hydrogens is 894 g/mol. The Hall–Kier alpha value is -3.59. The summed E-state index contributed by atoms with van der Waals surface area (Å²) in [5.41, 5.74) is 0. The van der Waals surface area contributed by atoms with Crippen molar-refractivity contribution in [3.05, 3.63) is 122 Å². The second-order valence-corrected chi connectivity index (χ2v) is 20.3. The van der Waals surface area contributed by atoms with Gasteiger partial charge in [-0.2, -0.15) is 0 Å². The third-order valence-electron chi connectivity index (χ3n) is 11.0. The van der Waals surface area contributed by atoms with Gasteiger partial charge in [0, 0.05) is 12.8 Å². The van der Waals surface area contributed by atoms with Gasteiger partial charge in [-0.15, -0.1) is 0 Å². The number of quaternary nitrogens is 1. The van der Waals surface area contributed by atoms with E-state index in [1.54, 1.807) is 0 Å². The molecule has 0 aromatic heterocycles. The van der Waals surface area contributed by atoms with Crippen molar-refractivity contribution < 1.29 is 42.1 Å². The maximum atomic E-state index is 12.8. The summed E-state index contributed by atoms with van der Waals surface area (Å²) in [7, 11) is 1.43. The van der Waals surface area contributed by atoms with Crippen LogP contribution in [0.4, 0.5) is 0 Å². The molecule has 1 N–H and O–H groups in total. The summed E-state index contributed by atoms with van der Waals surface area (Å²) >= 11 is 0. The largest absolute Gasteiger partial charge is 0.472 e. The van der Waals surface area contributed by atoms with Crippen molar-refractivity contribution in [1.82, 2.24) is 0 Å². The zero-order valence-corrected chi connectivity index (χ0v) is 45.8. The highest BCUT2D eigenvalue weighted by atomic mass is 31.2. The van der Waals surface area contributed by atoms with Gasteiger partial charge >= 0.3 is 19.8 Å². The number of hydrogen-bond donors (Lipinski definition) is 1. The lowest BCUT2D eigenvalue weighted by atomic mass is 10.0. The highest BCUT2D eigenvalue weighted by molar-refractivity contribution is 7.47. The fraction of sp³-hybridized carbons (Fsp3) is 0.633. The van der Waals surface area contributed by atoms with Crippen molar-refractivity contribution in [2.24, 2.45) is 0 Å². The van der Waals surface area contributed by atoms with E-state index in [1.807, 2.05) is 21.1 Å². The Balaban J connectivity index is 4.30. The van der Waals surface area contributed by atoms with Crippen LogP contribution in [-0.4, -0.2) is 74.9 Å². The van der Waals surface area contributed by atoms with Crippen LogP contribution in [0.5, 0.6) is 0 Å². The van der Waals surface area contributed by atoms with Crippen molar-refractivity contribution in [3.8, 4) is 0 Å². The number of rotatable bonds is 48. The fourth-order valence-corrected chi connectivity index (χ4v) is 7.57. The Labute approximate surface area is 428 Å². The molecule has 0 fully saturated rings. The average molecular weight is 995 g/mol. The van der Waals surface area contributed by atoms with Crippen LogP contribution in [-0.2, 0) is 32.7 Å². The Morgan fingerprint density at radius 2 is 0.771 bits per heavy atom. The Bertz CT molecular complexity index is 1590. The molecule has 0 aromatic carbocycles. The molecule has 0 bridgehead atoms. The number of phosphoric acid groups is 1. The van der Waals surface area contributed by atoms with Gasteiger partial charge in [-0.05, 0) is 103 Å². The summed E-state index contributed by atoms with van der Waals surface area (Å²) in [5, 5.41) is 0. The van der Waals surface area contributed by atoms with Crippen molar-refractivity contribution in [1.29, 1.82) is 0 Å². The van der Waals surface area contributed by atoms with Crippen LogP contribution >= 0.6 is 7.82 Å². The van der Waals surface area contributed by atoms with E-state index >= 15 is 0 Å². The minimum Gasteiger partial charge on any atom is -0.462 e. The van der Waals surface area contributed by atoms with E-state index in [-0.39, 0.29) is 32.0 Å². The van der Waals surface area contributed by atoms with Crippen LogP contribution in [0.2, 0.25) is 0 Å². The van der Waals surface area contributed by atoms with E-state index in [2.05, 4.69) is 135 Å². The monoisotopic (exact) mass is 995 g/mol. The van der Waals surface area contributed by atoms with E-state index in [4.69, 9.17) is 18.5 Å². The smallest absolute Gasteiger partial charge is 0.462 e. The van der Waals surface area contributed by atoms with E-state index in [1.165, 1.54) is 64.2 Å². The van der Waals surface area contributed by atoms with Crippen molar-refractivity contribution in [2.75, 3.05) is 47.5 Å². The molecule has 0 aliphatic rings. The number of nitrogens with zero attached hydrogens (tertiary/aromatic N) is 1. The molecule has 9 nitrogen and oxygen atoms in total. The maximum absolute atomic E-state index is 12.8. The molecular formula is C60H101NO8P+. The third kappa shape index (κ3) is 53.8. The van der Waals surface area contributed by atoms with Crippen molar-refractivity contribution in [3.63, 3.8) is 0 Å². The predicted octanol–water partition coefficient (Wildman–Crippen LogP) is 16.8. The number of esters is 2. The first-order valence-corrected chi connectivity index (χ1v) is 28.8. The molecule has 2 atom stereocenters. The summed E-state index contributed by atoms with van der Waals surface area (Å²) in [6.07, 6.45) is 71.2. The number of ether oxygens (including phenoxy) is 2. The zero-order chi connectivity index (χ0) is 51.3. The van der Waals surface area contributed by atoms with Crippen molar-refractivity contribution in [2.45, 2.75) is 200 Å². The number of carbonyl (C=O) groups is 2. The lowest BCUT2D eigenvalue weighted by Crippen LogP contribution is -2.37. The molecule has 0 saturated heterocycles. The van der Waals surface area contributed by atoms with E-state index in [9.17, 15) is 19.0 Å². The molecule has 0 heterocycles. The first-order chi connectivity index (χ1) is 34.0. The number of hydrogen-bond acceptors (Lipinski definition) is 7. The second-order valence-electron chi connectivity index (χ2n) is 18.8. The molecule has 10 heteroatoms. The third-order valence-corrected chi connectivity index (χ3v) is 12.0. The zero-order valence-electron chi connectivity index (χ0n) is 45.0. The van der Waals surface area contributed by atoms with Gasteiger partial charge in [0.05, 0.1) is 27.7 Å². The highest BCUT2D eigenvalue weighted by Gasteiger charge is 2.27. The molecule has 0 saturated carbocycles. The molecule has 0 aromatic rings. The van der Waals surface area contributed by atoms with Gasteiger partial charge in [0.25, 0.3) is 0 Å². The van der Waals surface area contributed by atoms with Gasteiger partial charge in [-0.25, -0.2) is 4.57 Å². The van der Waals surface area contributed by atoms with Gasteiger partial charge in [0.1, 0.15) is 19.8 Å². The molecule has 0 spiro atoms. The number of unbranched alkanes of at least 4 members (excludes halogenated alkanes) is 14. The maximum Gasteiger partial charge on any atom is 0.472 e. The molecule has 0 aliphatic carbocycles. The lowest BCUT2D eigenvalue weighted by molar-refractivity contribution is -0.870. The quantitative estimate of drug-likeness (QED) is 0.0211. The lowest BCUT2D eigenvalue weighted by Gasteiger charge is -2.24. The number of allylic oxidation sites excluding steroid dienone is 20. The average Bonchev–Trinajstić information content (AvgIpc) is 3.32. The second kappa shape index (κ2) is 50.4. The standard InChI is InChI=1S/C60H100NO8P/c1-6-8-10-12-14-16-18-20-22-24-26-28-29-30-31-33-34-36-38-40-42-44-46-48-50-52-59(62)66-56-58(57-68-70(64,65)67-55-54-61(3,4)5)69-60(63)53-51-49-47-45-43-41-39-37-35-32-27-25-23-21-19-17-15-13-11-9-7-2/h8-11,14-17,20-23,26-28,32,37,39,43,45,58H,6-7,12-13,18-19,24-25,29-31,33-36,38,40-42,44,46-57H2,1-5H3/p+1/b10-8-,11-9-,16-14-,17-15-,22-20-,23-21-,28-26-,32-27-,39-37-,45-43-. The predicted molar refractivity (Wildman–Crippen MR) is 297 cm³/mol. The number of carbonyl (C=O) groups excluding carboxylic acids is 2. The Kier molecular flexibility index (Phi) is 47.8. The number of phosphoric ester groups is 1. The summed E-state index contributed by atoms with van der Waals surface area (Å²) in [6.45, 7) is 4.14. The van der Waals surface area contributed by atoms with E-state index in [0.29, 0.717) is 17.4 Å². The van der Waals surface area contributed by atoms with Crippen molar-refractivity contribution >= 4 is 19.8 Å². The van der Waals surface area contributed by atoms with E-state index in [0.717, 1.165) is 96.3 Å². The van der Waals surface area contributed by atoms with Crippen LogP contribution in [0.1, 0.15) is 194 Å². The Morgan fingerprint density at radius 3 is 1.17 bits per heavy atom. The number of likely N-dealkylation sites (N-methyl/N-ethyl adjacent to an activating group) is 1. The van der Waals surface area contributed by atoms with Crippen LogP contribution in [0, 0.1) is 0 Å². The topological polar surface area (TPSA) is 108 Å². The summed E-state index contributed by atoms with van der Waals surface area (Å²) < 4.78 is 34.5. The first kappa shape index (κ1) is 66.4. The van der Waals surface area contributed by atoms with Gasteiger partial charge in [-0.3, -0.25) is 18.6 Å².